The highest BCUT2D eigenvalue weighted by Crippen LogP contribution is 2.32. The predicted molar refractivity (Wildman–Crippen MR) is 98.3 cm³/mol. The van der Waals surface area contributed by atoms with E-state index in [0.717, 1.165) is 35.5 Å². The lowest BCUT2D eigenvalue weighted by molar-refractivity contribution is 0.170. The lowest BCUT2D eigenvalue weighted by Crippen LogP contribution is -2.60. The fraction of sp³-hybridized carbons (Fsp3) is 0.722. The van der Waals surface area contributed by atoms with Crippen LogP contribution < -0.4 is 10.6 Å². The van der Waals surface area contributed by atoms with Gasteiger partial charge in [-0.1, -0.05) is 13.8 Å². The van der Waals surface area contributed by atoms with Crippen molar-refractivity contribution in [2.45, 2.75) is 77.4 Å². The Bertz CT molecular complexity index is 727. The number of anilines is 1. The summed E-state index contributed by atoms with van der Waals surface area (Å²) in [4.78, 5) is 9.49. The van der Waals surface area contributed by atoms with Crippen LogP contribution in [0.5, 0.6) is 0 Å². The number of hydrogen-bond donors (Lipinski definition) is 2. The van der Waals surface area contributed by atoms with Gasteiger partial charge in [0.05, 0.1) is 11.6 Å². The van der Waals surface area contributed by atoms with Gasteiger partial charge in [0.15, 0.2) is 5.65 Å². The summed E-state index contributed by atoms with van der Waals surface area (Å²) >= 11 is 0. The van der Waals surface area contributed by atoms with E-state index >= 15 is 0 Å². The summed E-state index contributed by atoms with van der Waals surface area (Å²) in [6.07, 6.45) is 3.97. The van der Waals surface area contributed by atoms with Crippen molar-refractivity contribution in [1.82, 2.24) is 25.1 Å². The maximum atomic E-state index is 4.81. The Labute approximate surface area is 144 Å². The number of nitrogens with one attached hydrogen (secondary N) is 2. The van der Waals surface area contributed by atoms with Crippen LogP contribution in [0.15, 0.2) is 6.20 Å². The molecule has 3 heterocycles. The lowest BCUT2D eigenvalue weighted by Gasteiger charge is -2.46. The number of hydrogen-bond acceptors (Lipinski definition) is 5. The van der Waals surface area contributed by atoms with E-state index in [1.54, 1.807) is 0 Å². The molecule has 0 unspecified atom stereocenters. The molecule has 3 rings (SSSR count). The monoisotopic (exact) mass is 330 g/mol. The number of fused-ring (bicyclic) bond motifs is 1. The Morgan fingerprint density at radius 1 is 1.17 bits per heavy atom. The first-order chi connectivity index (χ1) is 11.1. The Morgan fingerprint density at radius 2 is 1.79 bits per heavy atom. The molecular weight excluding hydrogens is 300 g/mol. The zero-order chi connectivity index (χ0) is 17.7. The van der Waals surface area contributed by atoms with Crippen molar-refractivity contribution < 1.29 is 0 Å². The topological polar surface area (TPSA) is 67.7 Å². The number of rotatable bonds is 3. The molecule has 0 spiro atoms. The second kappa shape index (κ2) is 5.69. The molecule has 0 aliphatic carbocycles. The third-order valence-electron chi connectivity index (χ3n) is 4.66. The number of piperidine rings is 1. The quantitative estimate of drug-likeness (QED) is 0.904. The number of nitrogens with zero attached hydrogens (tertiary/aromatic N) is 4. The van der Waals surface area contributed by atoms with Gasteiger partial charge in [-0.25, -0.2) is 9.97 Å². The minimum atomic E-state index is 0.0986. The Morgan fingerprint density at radius 3 is 2.38 bits per heavy atom. The maximum Gasteiger partial charge on any atom is 0.163 e. The molecular formula is C18H30N6. The van der Waals surface area contributed by atoms with Crippen molar-refractivity contribution in [1.29, 1.82) is 0 Å². The van der Waals surface area contributed by atoms with E-state index in [1.807, 2.05) is 17.9 Å². The summed E-state index contributed by atoms with van der Waals surface area (Å²) in [5.74, 6) is 2.06. The molecule has 0 bridgehead atoms. The van der Waals surface area contributed by atoms with Crippen LogP contribution in [0, 0.1) is 0 Å². The van der Waals surface area contributed by atoms with Crippen LogP contribution in [0.4, 0.5) is 5.82 Å². The highest BCUT2D eigenvalue weighted by atomic mass is 15.3. The van der Waals surface area contributed by atoms with Crippen molar-refractivity contribution in [2.75, 3.05) is 5.32 Å². The Kier molecular flexibility index (Phi) is 4.06. The molecule has 0 atom stereocenters. The maximum absolute atomic E-state index is 4.81. The summed E-state index contributed by atoms with van der Waals surface area (Å²) in [7, 11) is 1.93. The third kappa shape index (κ3) is 3.38. The highest BCUT2D eigenvalue weighted by molar-refractivity contribution is 5.86. The van der Waals surface area contributed by atoms with Crippen LogP contribution in [0.2, 0.25) is 0 Å². The largest absolute Gasteiger partial charge is 0.366 e. The van der Waals surface area contributed by atoms with Gasteiger partial charge in [0.1, 0.15) is 11.6 Å². The minimum Gasteiger partial charge on any atom is -0.366 e. The van der Waals surface area contributed by atoms with Gasteiger partial charge in [-0.05, 0) is 40.5 Å². The standard InChI is InChI=1S/C18H30N6/c1-11(2)14-21-15(13-10-19-24(7)16(13)22-14)20-12-8-17(3,4)23-18(5,6)9-12/h10-12,23H,8-9H2,1-7H3,(H,20,21,22). The zero-order valence-electron chi connectivity index (χ0n) is 15.9. The molecule has 1 fully saturated rings. The zero-order valence-corrected chi connectivity index (χ0v) is 15.9. The van der Waals surface area contributed by atoms with Crippen molar-refractivity contribution in [3.05, 3.63) is 12.0 Å². The second-order valence-electron chi connectivity index (χ2n) is 8.73. The van der Waals surface area contributed by atoms with Gasteiger partial charge in [-0.2, -0.15) is 5.10 Å². The molecule has 2 aromatic heterocycles. The van der Waals surface area contributed by atoms with Crippen LogP contribution in [-0.2, 0) is 7.05 Å². The molecule has 6 heteroatoms. The molecule has 24 heavy (non-hydrogen) atoms. The first-order valence-corrected chi connectivity index (χ1v) is 8.82. The molecule has 0 radical (unpaired) electrons. The summed E-state index contributed by atoms with van der Waals surface area (Å²) < 4.78 is 1.82. The number of aryl methyl sites for hydroxylation is 1. The van der Waals surface area contributed by atoms with E-state index in [2.05, 4.69) is 62.3 Å². The summed E-state index contributed by atoms with van der Waals surface area (Å²) in [5.41, 5.74) is 1.09. The Hall–Kier alpha value is -1.69. The van der Waals surface area contributed by atoms with E-state index < -0.39 is 0 Å². The van der Waals surface area contributed by atoms with Crippen molar-refractivity contribution in [3.63, 3.8) is 0 Å². The molecule has 2 N–H and O–H groups in total. The molecule has 1 saturated heterocycles. The van der Waals surface area contributed by atoms with Gasteiger partial charge >= 0.3 is 0 Å². The van der Waals surface area contributed by atoms with Gasteiger partial charge in [0.2, 0.25) is 0 Å². The summed E-state index contributed by atoms with van der Waals surface area (Å²) in [5, 5.41) is 12.8. The fourth-order valence-electron chi connectivity index (χ4n) is 4.02. The average Bonchev–Trinajstić information content (AvgIpc) is 2.77. The van der Waals surface area contributed by atoms with Crippen LogP contribution in [0.1, 0.15) is 66.1 Å². The van der Waals surface area contributed by atoms with Crippen LogP contribution in [-0.4, -0.2) is 36.9 Å². The van der Waals surface area contributed by atoms with Crippen molar-refractivity contribution >= 4 is 16.9 Å². The summed E-state index contributed by atoms with van der Waals surface area (Å²) in [6, 6.07) is 0.370. The highest BCUT2D eigenvalue weighted by Gasteiger charge is 2.38. The van der Waals surface area contributed by atoms with Gasteiger partial charge in [-0.3, -0.25) is 4.68 Å². The average molecular weight is 330 g/mol. The first-order valence-electron chi connectivity index (χ1n) is 8.82. The van der Waals surface area contributed by atoms with E-state index in [4.69, 9.17) is 4.98 Å². The van der Waals surface area contributed by atoms with Crippen LogP contribution in [0.25, 0.3) is 11.0 Å². The first kappa shape index (κ1) is 17.1. The smallest absolute Gasteiger partial charge is 0.163 e. The lowest BCUT2D eigenvalue weighted by atomic mass is 9.79. The van der Waals surface area contributed by atoms with Gasteiger partial charge in [0, 0.05) is 30.1 Å². The van der Waals surface area contributed by atoms with E-state index in [0.29, 0.717) is 6.04 Å². The van der Waals surface area contributed by atoms with E-state index in [9.17, 15) is 0 Å². The number of aromatic nitrogens is 4. The van der Waals surface area contributed by atoms with E-state index in [1.165, 1.54) is 0 Å². The molecule has 132 valence electrons. The van der Waals surface area contributed by atoms with Crippen molar-refractivity contribution in [3.8, 4) is 0 Å². The van der Waals surface area contributed by atoms with Crippen molar-refractivity contribution in [2.24, 2.45) is 7.05 Å². The van der Waals surface area contributed by atoms with Gasteiger partial charge < -0.3 is 10.6 Å². The molecule has 6 nitrogen and oxygen atoms in total. The predicted octanol–water partition coefficient (Wildman–Crippen LogP) is 3.21. The fourth-order valence-corrected chi connectivity index (χ4v) is 4.02. The van der Waals surface area contributed by atoms with E-state index in [-0.39, 0.29) is 17.0 Å². The molecule has 1 aliphatic heterocycles. The molecule has 1 aliphatic rings. The summed E-state index contributed by atoms with van der Waals surface area (Å²) in [6.45, 7) is 13.3. The SMILES string of the molecule is CC(C)c1nc(NC2CC(C)(C)NC(C)(C)C2)c2cnn(C)c2n1. The molecule has 0 saturated carbocycles. The Balaban J connectivity index is 1.97. The molecule has 0 amide bonds. The minimum absolute atomic E-state index is 0.0986. The molecule has 2 aromatic rings. The van der Waals surface area contributed by atoms with Gasteiger partial charge in [-0.15, -0.1) is 0 Å². The normalized spacial score (nSPS) is 20.7. The molecule has 0 aromatic carbocycles. The second-order valence-corrected chi connectivity index (χ2v) is 8.73. The van der Waals surface area contributed by atoms with Gasteiger partial charge in [0.25, 0.3) is 0 Å². The van der Waals surface area contributed by atoms with Crippen LogP contribution >= 0.6 is 0 Å². The van der Waals surface area contributed by atoms with Crippen LogP contribution in [0.3, 0.4) is 0 Å². The third-order valence-corrected chi connectivity index (χ3v) is 4.66.